The van der Waals surface area contributed by atoms with Crippen molar-refractivity contribution in [3.63, 3.8) is 0 Å². The number of benzene rings is 1. The lowest BCUT2D eigenvalue weighted by molar-refractivity contribution is -0.111. The van der Waals surface area contributed by atoms with Crippen LogP contribution in [0.5, 0.6) is 0 Å². The van der Waals surface area contributed by atoms with Gasteiger partial charge in [-0.2, -0.15) is 0 Å². The van der Waals surface area contributed by atoms with Gasteiger partial charge >= 0.3 is 0 Å². The minimum absolute atomic E-state index is 0.301. The number of anilines is 1. The standard InChI is InChI=1S/C13H16Cl3NO/c14-7-9-17(10-8-15)12-4-1-11(2-5-12)3-6-13(16)18/h1-2,4-5H,3,6-10H2. The molecule has 0 heterocycles. The normalized spacial score (nSPS) is 10.4. The predicted molar refractivity (Wildman–Crippen MR) is 79.3 cm³/mol. The molecule has 0 saturated heterocycles. The van der Waals surface area contributed by atoms with E-state index >= 15 is 0 Å². The Kier molecular flexibility index (Phi) is 7.48. The summed E-state index contributed by atoms with van der Waals surface area (Å²) >= 11 is 16.8. The van der Waals surface area contributed by atoms with Crippen molar-refractivity contribution in [2.24, 2.45) is 0 Å². The molecular weight excluding hydrogens is 293 g/mol. The average molecular weight is 309 g/mol. The van der Waals surface area contributed by atoms with Crippen molar-refractivity contribution < 1.29 is 4.79 Å². The van der Waals surface area contributed by atoms with Crippen LogP contribution in [0, 0.1) is 0 Å². The molecule has 0 amide bonds. The Hall–Kier alpha value is -0.440. The van der Waals surface area contributed by atoms with Crippen molar-refractivity contribution >= 4 is 45.7 Å². The first kappa shape index (κ1) is 15.6. The summed E-state index contributed by atoms with van der Waals surface area (Å²) in [5.41, 5.74) is 2.20. The van der Waals surface area contributed by atoms with Crippen LogP contribution < -0.4 is 4.90 Å². The highest BCUT2D eigenvalue weighted by atomic mass is 35.5. The summed E-state index contributed by atoms with van der Waals surface area (Å²) in [5, 5.41) is -0.301. The minimum atomic E-state index is -0.301. The van der Waals surface area contributed by atoms with E-state index in [1.807, 2.05) is 24.3 Å². The van der Waals surface area contributed by atoms with E-state index in [2.05, 4.69) is 4.90 Å². The maximum absolute atomic E-state index is 10.7. The van der Waals surface area contributed by atoms with Gasteiger partial charge in [0.15, 0.2) is 0 Å². The van der Waals surface area contributed by atoms with Gasteiger partial charge in [0.05, 0.1) is 0 Å². The third-order valence-electron chi connectivity index (χ3n) is 2.62. The lowest BCUT2D eigenvalue weighted by Crippen LogP contribution is -2.27. The highest BCUT2D eigenvalue weighted by Gasteiger charge is 2.05. The molecule has 100 valence electrons. The Morgan fingerprint density at radius 2 is 1.61 bits per heavy atom. The van der Waals surface area contributed by atoms with E-state index in [1.165, 1.54) is 0 Å². The number of carbonyl (C=O) groups excluding carboxylic acids is 1. The fourth-order valence-electron chi connectivity index (χ4n) is 1.69. The summed E-state index contributed by atoms with van der Waals surface area (Å²) in [6, 6.07) is 8.05. The van der Waals surface area contributed by atoms with Gasteiger partial charge in [-0.3, -0.25) is 4.79 Å². The summed E-state index contributed by atoms with van der Waals surface area (Å²) in [6.45, 7) is 1.54. The molecule has 0 radical (unpaired) electrons. The zero-order valence-electron chi connectivity index (χ0n) is 10.0. The fraction of sp³-hybridized carbons (Fsp3) is 0.462. The number of alkyl halides is 2. The first-order chi connectivity index (χ1) is 8.67. The Labute approximate surface area is 123 Å². The smallest absolute Gasteiger partial charge is 0.221 e. The van der Waals surface area contributed by atoms with E-state index in [-0.39, 0.29) is 5.24 Å². The zero-order valence-corrected chi connectivity index (χ0v) is 12.3. The molecule has 0 aliphatic rings. The second-order valence-corrected chi connectivity index (χ2v) is 5.06. The van der Waals surface area contributed by atoms with E-state index in [0.717, 1.165) is 24.3 Å². The molecule has 0 N–H and O–H groups in total. The summed E-state index contributed by atoms with van der Waals surface area (Å²) in [6.07, 6.45) is 1.04. The molecule has 0 fully saturated rings. The zero-order chi connectivity index (χ0) is 13.4. The Morgan fingerprint density at radius 1 is 1.06 bits per heavy atom. The second-order valence-electron chi connectivity index (χ2n) is 3.89. The van der Waals surface area contributed by atoms with Gasteiger partial charge in [-0.25, -0.2) is 0 Å². The summed E-state index contributed by atoms with van der Waals surface area (Å²) < 4.78 is 0. The lowest BCUT2D eigenvalue weighted by Gasteiger charge is -2.23. The average Bonchev–Trinajstić information content (AvgIpc) is 2.37. The maximum atomic E-state index is 10.7. The van der Waals surface area contributed by atoms with Gasteiger partial charge in [-0.1, -0.05) is 12.1 Å². The van der Waals surface area contributed by atoms with Crippen LogP contribution in [0.2, 0.25) is 0 Å². The lowest BCUT2D eigenvalue weighted by atomic mass is 10.1. The van der Waals surface area contributed by atoms with Crippen LogP contribution in [0.3, 0.4) is 0 Å². The van der Waals surface area contributed by atoms with Gasteiger partial charge in [-0.05, 0) is 35.7 Å². The van der Waals surface area contributed by atoms with Crippen LogP contribution in [0.1, 0.15) is 12.0 Å². The molecule has 0 aliphatic heterocycles. The monoisotopic (exact) mass is 307 g/mol. The SMILES string of the molecule is O=C(Cl)CCc1ccc(N(CCCl)CCCl)cc1. The van der Waals surface area contributed by atoms with Crippen LogP contribution in [0.4, 0.5) is 5.69 Å². The Balaban J connectivity index is 2.64. The first-order valence-electron chi connectivity index (χ1n) is 5.81. The number of aryl methyl sites for hydroxylation is 1. The fourth-order valence-corrected chi connectivity index (χ4v) is 2.19. The molecule has 0 saturated carbocycles. The van der Waals surface area contributed by atoms with Crippen molar-refractivity contribution in [3.8, 4) is 0 Å². The van der Waals surface area contributed by atoms with Crippen LogP contribution >= 0.6 is 34.8 Å². The molecule has 0 atom stereocenters. The number of nitrogens with zero attached hydrogens (tertiary/aromatic N) is 1. The van der Waals surface area contributed by atoms with Crippen molar-refractivity contribution in [1.29, 1.82) is 0 Å². The van der Waals surface area contributed by atoms with E-state index in [9.17, 15) is 4.79 Å². The molecule has 0 spiro atoms. The molecular formula is C13H16Cl3NO. The third-order valence-corrected chi connectivity index (χ3v) is 3.15. The number of hydrogen-bond donors (Lipinski definition) is 0. The van der Waals surface area contributed by atoms with Gasteiger partial charge in [-0.15, -0.1) is 23.2 Å². The van der Waals surface area contributed by atoms with E-state index in [1.54, 1.807) is 0 Å². The summed E-state index contributed by atoms with van der Waals surface area (Å²) in [7, 11) is 0. The van der Waals surface area contributed by atoms with Crippen LogP contribution in [0.25, 0.3) is 0 Å². The van der Waals surface area contributed by atoms with E-state index in [0.29, 0.717) is 24.6 Å². The molecule has 2 nitrogen and oxygen atoms in total. The molecule has 1 aromatic carbocycles. The van der Waals surface area contributed by atoms with Gasteiger partial charge in [0, 0.05) is 37.0 Å². The molecule has 18 heavy (non-hydrogen) atoms. The van der Waals surface area contributed by atoms with Crippen molar-refractivity contribution in [1.82, 2.24) is 0 Å². The number of halogens is 3. The van der Waals surface area contributed by atoms with Gasteiger partial charge in [0.25, 0.3) is 0 Å². The molecule has 0 unspecified atom stereocenters. The summed E-state index contributed by atoms with van der Waals surface area (Å²) in [4.78, 5) is 12.8. The molecule has 1 rings (SSSR count). The highest BCUT2D eigenvalue weighted by molar-refractivity contribution is 6.63. The van der Waals surface area contributed by atoms with Crippen LogP contribution in [-0.2, 0) is 11.2 Å². The van der Waals surface area contributed by atoms with Gasteiger partial charge in [0.1, 0.15) is 0 Å². The van der Waals surface area contributed by atoms with Crippen molar-refractivity contribution in [2.45, 2.75) is 12.8 Å². The van der Waals surface area contributed by atoms with Crippen molar-refractivity contribution in [3.05, 3.63) is 29.8 Å². The minimum Gasteiger partial charge on any atom is -0.369 e. The topological polar surface area (TPSA) is 20.3 Å². The number of carbonyl (C=O) groups is 1. The molecule has 0 aliphatic carbocycles. The Morgan fingerprint density at radius 3 is 2.06 bits per heavy atom. The Bertz CT molecular complexity index is 361. The highest BCUT2D eigenvalue weighted by Crippen LogP contribution is 2.16. The molecule has 1 aromatic rings. The quantitative estimate of drug-likeness (QED) is 0.539. The third kappa shape index (κ3) is 5.47. The molecule has 0 bridgehead atoms. The second kappa shape index (κ2) is 8.63. The maximum Gasteiger partial charge on any atom is 0.221 e. The van der Waals surface area contributed by atoms with Crippen LogP contribution in [-0.4, -0.2) is 30.1 Å². The van der Waals surface area contributed by atoms with E-state index in [4.69, 9.17) is 34.8 Å². The van der Waals surface area contributed by atoms with Gasteiger partial charge < -0.3 is 4.90 Å². The summed E-state index contributed by atoms with van der Waals surface area (Å²) in [5.74, 6) is 1.14. The van der Waals surface area contributed by atoms with Crippen molar-refractivity contribution in [2.75, 3.05) is 29.7 Å². The van der Waals surface area contributed by atoms with Crippen LogP contribution in [0.15, 0.2) is 24.3 Å². The largest absolute Gasteiger partial charge is 0.369 e. The molecule has 0 aromatic heterocycles. The van der Waals surface area contributed by atoms with E-state index < -0.39 is 0 Å². The first-order valence-corrected chi connectivity index (χ1v) is 7.26. The predicted octanol–water partition coefficient (Wildman–Crippen LogP) is 3.67. The van der Waals surface area contributed by atoms with Gasteiger partial charge in [0.2, 0.25) is 5.24 Å². The molecule has 5 heteroatoms. The number of hydrogen-bond acceptors (Lipinski definition) is 2. The number of rotatable bonds is 8.